The Balaban J connectivity index is 1.98. The number of carbonyl (C=O) groups is 2. The molecule has 3 rings (SSSR count). The van der Waals surface area contributed by atoms with Gasteiger partial charge in [0.15, 0.2) is 0 Å². The summed E-state index contributed by atoms with van der Waals surface area (Å²) in [6.07, 6.45) is 4.06. The Morgan fingerprint density at radius 2 is 1.72 bits per heavy atom. The Kier molecular flexibility index (Phi) is 6.77. The van der Waals surface area contributed by atoms with E-state index in [1.54, 1.807) is 53.7 Å². The Morgan fingerprint density at radius 1 is 1.07 bits per heavy atom. The topological polar surface area (TPSA) is 74.9 Å². The van der Waals surface area contributed by atoms with Crippen molar-refractivity contribution in [1.82, 2.24) is 9.88 Å². The third-order valence-corrected chi connectivity index (χ3v) is 5.54. The molecule has 0 spiro atoms. The molecule has 1 saturated heterocycles. The summed E-state index contributed by atoms with van der Waals surface area (Å²) < 4.78 is 0. The Morgan fingerprint density at radius 3 is 2.34 bits per heavy atom. The number of nitrogens with one attached hydrogen (secondary N) is 1. The largest absolute Gasteiger partial charge is 0.507 e. The fraction of sp³-hybridized carbons (Fsp3) is 0.348. The lowest BCUT2D eigenvalue weighted by Gasteiger charge is -2.26. The molecule has 0 unspecified atom stereocenters. The number of benzene rings is 1. The number of hydrogen-bond donors (Lipinski definition) is 2. The highest BCUT2D eigenvalue weighted by Gasteiger charge is 2.45. The summed E-state index contributed by atoms with van der Waals surface area (Å²) in [5.41, 5.74) is 1.44. The van der Waals surface area contributed by atoms with E-state index in [1.165, 1.54) is 4.90 Å². The smallest absolute Gasteiger partial charge is 0.295 e. The predicted octanol–water partition coefficient (Wildman–Crippen LogP) is 1.82. The molecule has 29 heavy (non-hydrogen) atoms. The van der Waals surface area contributed by atoms with Gasteiger partial charge in [-0.2, -0.15) is 0 Å². The summed E-state index contributed by atoms with van der Waals surface area (Å²) in [4.78, 5) is 32.8. The summed E-state index contributed by atoms with van der Waals surface area (Å²) in [5, 5.41) is 10.9. The molecule has 1 aliphatic heterocycles. The van der Waals surface area contributed by atoms with Crippen LogP contribution in [0.4, 0.5) is 0 Å². The quantitative estimate of drug-likeness (QED) is 0.407. The lowest BCUT2D eigenvalue weighted by Crippen LogP contribution is -3.11. The van der Waals surface area contributed by atoms with Crippen LogP contribution in [0.1, 0.15) is 37.4 Å². The maximum atomic E-state index is 12.9. The van der Waals surface area contributed by atoms with Gasteiger partial charge in [-0.3, -0.25) is 14.6 Å². The summed E-state index contributed by atoms with van der Waals surface area (Å²) in [6.45, 7) is 7.72. The van der Waals surface area contributed by atoms with Gasteiger partial charge in [0, 0.05) is 30.9 Å². The van der Waals surface area contributed by atoms with Gasteiger partial charge in [-0.25, -0.2) is 0 Å². The van der Waals surface area contributed by atoms with Crippen molar-refractivity contribution >= 4 is 17.4 Å². The number of rotatable bonds is 8. The van der Waals surface area contributed by atoms with E-state index in [-0.39, 0.29) is 11.3 Å². The second-order valence-electron chi connectivity index (χ2n) is 7.20. The van der Waals surface area contributed by atoms with Crippen LogP contribution < -0.4 is 4.90 Å². The van der Waals surface area contributed by atoms with E-state index in [9.17, 15) is 14.7 Å². The minimum Gasteiger partial charge on any atom is -0.507 e. The molecular weight excluding hydrogens is 366 g/mol. The minimum absolute atomic E-state index is 0.136. The number of aliphatic hydroxyl groups is 1. The van der Waals surface area contributed by atoms with Gasteiger partial charge >= 0.3 is 0 Å². The molecule has 152 valence electrons. The Labute approximate surface area is 171 Å². The van der Waals surface area contributed by atoms with Crippen LogP contribution in [0.3, 0.4) is 0 Å². The second kappa shape index (κ2) is 9.47. The van der Waals surface area contributed by atoms with Crippen molar-refractivity contribution in [3.05, 3.63) is 71.6 Å². The van der Waals surface area contributed by atoms with Crippen molar-refractivity contribution in [2.75, 3.05) is 26.2 Å². The molecule has 1 amide bonds. The first-order valence-corrected chi connectivity index (χ1v) is 10.2. The van der Waals surface area contributed by atoms with Crippen LogP contribution >= 0.6 is 0 Å². The molecule has 2 N–H and O–H groups in total. The first-order valence-electron chi connectivity index (χ1n) is 10.2. The second-order valence-corrected chi connectivity index (χ2v) is 7.20. The molecule has 6 nitrogen and oxygen atoms in total. The zero-order chi connectivity index (χ0) is 20.8. The predicted molar refractivity (Wildman–Crippen MR) is 111 cm³/mol. The molecule has 1 aromatic carbocycles. The van der Waals surface area contributed by atoms with Crippen molar-refractivity contribution in [3.63, 3.8) is 0 Å². The van der Waals surface area contributed by atoms with E-state index in [4.69, 9.17) is 0 Å². The van der Waals surface area contributed by atoms with Crippen LogP contribution in [0.5, 0.6) is 0 Å². The van der Waals surface area contributed by atoms with Gasteiger partial charge in [0.25, 0.3) is 11.7 Å². The van der Waals surface area contributed by atoms with Crippen LogP contribution in [-0.2, 0) is 9.59 Å². The molecule has 1 fully saturated rings. The first-order chi connectivity index (χ1) is 14.1. The van der Waals surface area contributed by atoms with Crippen molar-refractivity contribution < 1.29 is 19.6 Å². The molecular formula is C23H28N3O3+. The van der Waals surface area contributed by atoms with Gasteiger partial charge in [-0.05, 0) is 31.5 Å². The number of Topliss-reactive ketones (excluding diaryl/α,β-unsaturated/α-hetero) is 1. The average Bonchev–Trinajstić information content (AvgIpc) is 3.02. The van der Waals surface area contributed by atoms with E-state index in [0.29, 0.717) is 12.1 Å². The number of aliphatic hydroxyl groups excluding tert-OH is 1. The summed E-state index contributed by atoms with van der Waals surface area (Å²) in [6, 6.07) is 11.9. The SMILES string of the molecule is CC[NH+](CC)CCCN1C(=O)C(=O)/C(=C(/O)c2ccccc2)[C@@H]1c1ccncc1. The number of nitrogens with zero attached hydrogens (tertiary/aromatic N) is 2. The van der Waals surface area contributed by atoms with Gasteiger partial charge in [-0.1, -0.05) is 30.3 Å². The third kappa shape index (κ3) is 4.38. The monoisotopic (exact) mass is 394 g/mol. The molecule has 1 atom stereocenters. The molecule has 6 heteroatoms. The van der Waals surface area contributed by atoms with E-state index in [0.717, 1.165) is 31.6 Å². The molecule has 0 aliphatic carbocycles. The standard InChI is InChI=1S/C23H27N3O3/c1-3-25(4-2)15-8-16-26-20(17-11-13-24-14-12-17)19(22(28)23(26)29)21(27)18-9-6-5-7-10-18/h5-7,9-14,20,27H,3-4,8,15-16H2,1-2H3/p+1/b21-19+/t20-/m0/s1. The molecule has 0 bridgehead atoms. The third-order valence-electron chi connectivity index (χ3n) is 5.54. The molecule has 2 aromatic rings. The lowest BCUT2D eigenvalue weighted by atomic mass is 9.96. The zero-order valence-corrected chi connectivity index (χ0v) is 17.0. The maximum absolute atomic E-state index is 12.9. The van der Waals surface area contributed by atoms with Crippen molar-refractivity contribution in [2.24, 2.45) is 0 Å². The van der Waals surface area contributed by atoms with Gasteiger partial charge in [0.2, 0.25) is 0 Å². The molecule has 2 heterocycles. The molecule has 1 aromatic heterocycles. The van der Waals surface area contributed by atoms with Gasteiger partial charge < -0.3 is 14.9 Å². The molecule has 0 saturated carbocycles. The summed E-state index contributed by atoms with van der Waals surface area (Å²) in [5.74, 6) is -1.33. The number of quaternary nitrogens is 1. The number of likely N-dealkylation sites (tertiary alicyclic amines) is 1. The Bertz CT molecular complexity index is 877. The fourth-order valence-electron chi connectivity index (χ4n) is 3.86. The highest BCUT2D eigenvalue weighted by Crippen LogP contribution is 2.39. The van der Waals surface area contributed by atoms with Crippen LogP contribution in [0.2, 0.25) is 0 Å². The van der Waals surface area contributed by atoms with Crippen molar-refractivity contribution in [3.8, 4) is 0 Å². The average molecular weight is 394 g/mol. The molecule has 0 radical (unpaired) electrons. The number of pyridine rings is 1. The number of aromatic nitrogens is 1. The molecule has 1 aliphatic rings. The van der Waals surface area contributed by atoms with E-state index in [2.05, 4.69) is 18.8 Å². The van der Waals surface area contributed by atoms with Crippen molar-refractivity contribution in [2.45, 2.75) is 26.3 Å². The van der Waals surface area contributed by atoms with Crippen molar-refractivity contribution in [1.29, 1.82) is 0 Å². The van der Waals surface area contributed by atoms with Gasteiger partial charge in [0.05, 0.1) is 31.2 Å². The zero-order valence-electron chi connectivity index (χ0n) is 17.0. The summed E-state index contributed by atoms with van der Waals surface area (Å²) in [7, 11) is 0. The minimum atomic E-state index is -0.636. The number of carbonyl (C=O) groups excluding carboxylic acids is 2. The van der Waals surface area contributed by atoms with Gasteiger partial charge in [0.1, 0.15) is 5.76 Å². The number of amides is 1. The van der Waals surface area contributed by atoms with Crippen LogP contribution in [0.15, 0.2) is 60.4 Å². The van der Waals surface area contributed by atoms with E-state index < -0.39 is 17.7 Å². The Hall–Kier alpha value is -2.99. The van der Waals surface area contributed by atoms with Crippen LogP contribution in [0, 0.1) is 0 Å². The normalized spacial score (nSPS) is 18.6. The number of ketones is 1. The number of hydrogen-bond acceptors (Lipinski definition) is 4. The highest BCUT2D eigenvalue weighted by molar-refractivity contribution is 6.46. The maximum Gasteiger partial charge on any atom is 0.295 e. The van der Waals surface area contributed by atoms with E-state index >= 15 is 0 Å². The highest BCUT2D eigenvalue weighted by atomic mass is 16.3. The van der Waals surface area contributed by atoms with Crippen LogP contribution in [-0.4, -0.2) is 52.9 Å². The van der Waals surface area contributed by atoms with E-state index in [1.807, 2.05) is 6.07 Å². The van der Waals surface area contributed by atoms with Gasteiger partial charge in [-0.15, -0.1) is 0 Å². The lowest BCUT2D eigenvalue weighted by molar-refractivity contribution is -0.896. The fourth-order valence-corrected chi connectivity index (χ4v) is 3.86. The first kappa shape index (κ1) is 20.7. The summed E-state index contributed by atoms with van der Waals surface area (Å²) >= 11 is 0. The van der Waals surface area contributed by atoms with Crippen LogP contribution in [0.25, 0.3) is 5.76 Å².